The van der Waals surface area contributed by atoms with Crippen LogP contribution in [0.3, 0.4) is 0 Å². The summed E-state index contributed by atoms with van der Waals surface area (Å²) < 4.78 is 29.2. The predicted molar refractivity (Wildman–Crippen MR) is 91.4 cm³/mol. The first-order chi connectivity index (χ1) is 11.0. The maximum atomic E-state index is 12.4. The molecule has 1 saturated carbocycles. The zero-order chi connectivity index (χ0) is 16.7. The van der Waals surface area contributed by atoms with Crippen LogP contribution in [-0.4, -0.2) is 19.1 Å². The lowest BCUT2D eigenvalue weighted by atomic mass is 9.71. The summed E-state index contributed by atoms with van der Waals surface area (Å²) in [6.07, 6.45) is 5.75. The van der Waals surface area contributed by atoms with Gasteiger partial charge in [-0.15, -0.1) is 12.4 Å². The van der Waals surface area contributed by atoms with E-state index in [4.69, 9.17) is 5.73 Å². The smallest absolute Gasteiger partial charge is 0.387 e. The van der Waals surface area contributed by atoms with Crippen LogP contribution in [0.5, 0.6) is 5.75 Å². The molecule has 4 nitrogen and oxygen atoms in total. The molecule has 0 radical (unpaired) electrons. The van der Waals surface area contributed by atoms with Crippen molar-refractivity contribution in [1.82, 2.24) is 5.32 Å². The molecule has 0 spiro atoms. The number of alkyl halides is 2. The second kappa shape index (κ2) is 9.79. The molecule has 1 aromatic carbocycles. The van der Waals surface area contributed by atoms with Gasteiger partial charge < -0.3 is 15.8 Å². The van der Waals surface area contributed by atoms with Gasteiger partial charge in [0.05, 0.1) is 0 Å². The van der Waals surface area contributed by atoms with Crippen molar-refractivity contribution in [3.05, 3.63) is 29.8 Å². The minimum absolute atomic E-state index is 0. The number of nitrogens with one attached hydrogen (secondary N) is 1. The third-order valence-electron chi connectivity index (χ3n) is 4.55. The number of hydrogen-bond donors (Lipinski definition) is 2. The molecule has 7 heteroatoms. The molecule has 1 fully saturated rings. The van der Waals surface area contributed by atoms with E-state index in [1.165, 1.54) is 12.5 Å². The van der Waals surface area contributed by atoms with Crippen LogP contribution in [0.15, 0.2) is 24.3 Å². The lowest BCUT2D eigenvalue weighted by Crippen LogP contribution is -2.38. The van der Waals surface area contributed by atoms with Gasteiger partial charge in [0.15, 0.2) is 0 Å². The van der Waals surface area contributed by atoms with E-state index < -0.39 is 6.61 Å². The highest BCUT2D eigenvalue weighted by molar-refractivity contribution is 5.85. The summed E-state index contributed by atoms with van der Waals surface area (Å²) in [6.45, 7) is -2.21. The van der Waals surface area contributed by atoms with Crippen LogP contribution < -0.4 is 15.8 Å². The van der Waals surface area contributed by atoms with Gasteiger partial charge in [-0.3, -0.25) is 4.79 Å². The van der Waals surface area contributed by atoms with Gasteiger partial charge in [-0.2, -0.15) is 8.78 Å². The van der Waals surface area contributed by atoms with Crippen molar-refractivity contribution in [3.63, 3.8) is 0 Å². The van der Waals surface area contributed by atoms with Crippen LogP contribution >= 0.6 is 12.4 Å². The molecule has 136 valence electrons. The Morgan fingerprint density at radius 2 is 1.92 bits per heavy atom. The van der Waals surface area contributed by atoms with Crippen molar-refractivity contribution < 1.29 is 18.3 Å². The Morgan fingerprint density at radius 1 is 1.25 bits per heavy atom. The van der Waals surface area contributed by atoms with Crippen molar-refractivity contribution in [2.45, 2.75) is 51.7 Å². The number of ether oxygens (including phenoxy) is 1. The zero-order valence-electron chi connectivity index (χ0n) is 13.6. The molecule has 24 heavy (non-hydrogen) atoms. The standard InChI is InChI=1S/C17H24F2N2O2.ClH/c18-16(19)23-14-7-3-2-6-13(14)11-21-15(22)10-17(12-20)8-4-1-5-9-17;/h2-3,6-7,16H,1,4-5,8-12,20H2,(H,21,22);1H. The highest BCUT2D eigenvalue weighted by Gasteiger charge is 2.32. The van der Waals surface area contributed by atoms with Gasteiger partial charge in [-0.25, -0.2) is 0 Å². The summed E-state index contributed by atoms with van der Waals surface area (Å²) in [5, 5.41) is 2.80. The summed E-state index contributed by atoms with van der Waals surface area (Å²) in [6, 6.07) is 6.48. The lowest BCUT2D eigenvalue weighted by molar-refractivity contribution is -0.124. The van der Waals surface area contributed by atoms with E-state index in [1.807, 2.05) is 0 Å². The van der Waals surface area contributed by atoms with Gasteiger partial charge in [-0.05, 0) is 30.9 Å². The van der Waals surface area contributed by atoms with Gasteiger partial charge in [0.25, 0.3) is 0 Å². The summed E-state index contributed by atoms with van der Waals surface area (Å²) in [5.74, 6) is -0.00166. The number of carbonyl (C=O) groups excluding carboxylic acids is 1. The molecular formula is C17H25ClF2N2O2. The maximum absolute atomic E-state index is 12.4. The fourth-order valence-electron chi connectivity index (χ4n) is 3.21. The molecule has 2 rings (SSSR count). The van der Waals surface area contributed by atoms with E-state index >= 15 is 0 Å². The number of benzene rings is 1. The highest BCUT2D eigenvalue weighted by Crippen LogP contribution is 2.38. The number of rotatable bonds is 7. The largest absolute Gasteiger partial charge is 0.434 e. The van der Waals surface area contributed by atoms with E-state index in [9.17, 15) is 13.6 Å². The molecule has 3 N–H and O–H groups in total. The first-order valence-electron chi connectivity index (χ1n) is 8.04. The number of halogens is 3. The quantitative estimate of drug-likeness (QED) is 0.778. The normalized spacial score (nSPS) is 16.3. The summed E-state index contributed by atoms with van der Waals surface area (Å²) >= 11 is 0. The highest BCUT2D eigenvalue weighted by atomic mass is 35.5. The number of carbonyl (C=O) groups is 1. The molecule has 0 aromatic heterocycles. The summed E-state index contributed by atoms with van der Waals surface area (Å²) in [4.78, 5) is 12.2. The van der Waals surface area contributed by atoms with E-state index in [0.29, 0.717) is 18.5 Å². The molecule has 0 bridgehead atoms. The van der Waals surface area contributed by atoms with Gasteiger partial charge in [0, 0.05) is 18.5 Å². The van der Waals surface area contributed by atoms with Gasteiger partial charge in [0.1, 0.15) is 5.75 Å². The third-order valence-corrected chi connectivity index (χ3v) is 4.55. The molecular weight excluding hydrogens is 338 g/mol. The van der Waals surface area contributed by atoms with Crippen molar-refractivity contribution in [3.8, 4) is 5.75 Å². The molecule has 0 unspecified atom stereocenters. The minimum atomic E-state index is -2.88. The van der Waals surface area contributed by atoms with Crippen molar-refractivity contribution in [1.29, 1.82) is 0 Å². The van der Waals surface area contributed by atoms with Crippen molar-refractivity contribution in [2.75, 3.05) is 6.54 Å². The Morgan fingerprint density at radius 3 is 2.54 bits per heavy atom. The van der Waals surface area contributed by atoms with Gasteiger partial charge in [0.2, 0.25) is 5.91 Å². The van der Waals surface area contributed by atoms with E-state index in [-0.39, 0.29) is 36.0 Å². The molecule has 0 saturated heterocycles. The number of para-hydroxylation sites is 1. The Labute approximate surface area is 147 Å². The molecule has 1 aromatic rings. The lowest BCUT2D eigenvalue weighted by Gasteiger charge is -2.35. The second-order valence-corrected chi connectivity index (χ2v) is 6.20. The van der Waals surface area contributed by atoms with Crippen LogP contribution in [0.2, 0.25) is 0 Å². The van der Waals surface area contributed by atoms with Crippen molar-refractivity contribution >= 4 is 18.3 Å². The van der Waals surface area contributed by atoms with Crippen LogP contribution in [-0.2, 0) is 11.3 Å². The maximum Gasteiger partial charge on any atom is 0.387 e. The van der Waals surface area contributed by atoms with Gasteiger partial charge in [-0.1, -0.05) is 37.5 Å². The first kappa shape index (κ1) is 20.6. The number of nitrogens with two attached hydrogens (primary N) is 1. The monoisotopic (exact) mass is 362 g/mol. The Hall–Kier alpha value is -1.40. The van der Waals surface area contributed by atoms with Crippen molar-refractivity contribution in [2.24, 2.45) is 11.1 Å². The summed E-state index contributed by atoms with van der Waals surface area (Å²) in [5.41, 5.74) is 6.31. The fraction of sp³-hybridized carbons (Fsp3) is 0.588. The average molecular weight is 363 g/mol. The second-order valence-electron chi connectivity index (χ2n) is 6.20. The van der Waals surface area contributed by atoms with E-state index in [1.54, 1.807) is 18.2 Å². The molecule has 0 atom stereocenters. The van der Waals surface area contributed by atoms with E-state index in [0.717, 1.165) is 25.7 Å². The molecule has 0 heterocycles. The first-order valence-corrected chi connectivity index (χ1v) is 8.04. The number of hydrogen-bond acceptors (Lipinski definition) is 3. The Bertz CT molecular complexity index is 523. The fourth-order valence-corrected chi connectivity index (χ4v) is 3.21. The third kappa shape index (κ3) is 5.91. The molecule has 1 aliphatic rings. The molecule has 1 aliphatic carbocycles. The van der Waals surface area contributed by atoms with E-state index in [2.05, 4.69) is 10.1 Å². The summed E-state index contributed by atoms with van der Waals surface area (Å²) in [7, 11) is 0. The topological polar surface area (TPSA) is 64.4 Å². The van der Waals surface area contributed by atoms with Gasteiger partial charge >= 0.3 is 6.61 Å². The minimum Gasteiger partial charge on any atom is -0.434 e. The van der Waals surface area contributed by atoms with Crippen LogP contribution in [0.4, 0.5) is 8.78 Å². The predicted octanol–water partition coefficient (Wildman–Crippen LogP) is 3.63. The van der Waals surface area contributed by atoms with Crippen LogP contribution in [0.25, 0.3) is 0 Å². The Kier molecular flexibility index (Phi) is 8.42. The SMILES string of the molecule is Cl.NCC1(CC(=O)NCc2ccccc2OC(F)F)CCCCC1. The number of amides is 1. The molecule has 1 amide bonds. The molecule has 0 aliphatic heterocycles. The van der Waals surface area contributed by atoms with Crippen LogP contribution in [0, 0.1) is 5.41 Å². The Balaban J connectivity index is 0.00000288. The average Bonchev–Trinajstić information content (AvgIpc) is 2.54. The zero-order valence-corrected chi connectivity index (χ0v) is 14.4. The van der Waals surface area contributed by atoms with Crippen LogP contribution in [0.1, 0.15) is 44.1 Å².